The van der Waals surface area contributed by atoms with Gasteiger partial charge in [0.2, 0.25) is 0 Å². The molecule has 1 N–H and O–H groups in total. The molecule has 0 saturated carbocycles. The minimum Gasteiger partial charge on any atom is -0.316 e. The summed E-state index contributed by atoms with van der Waals surface area (Å²) >= 11 is 0. The fourth-order valence-corrected chi connectivity index (χ4v) is 3.14. The summed E-state index contributed by atoms with van der Waals surface area (Å²) in [6, 6.07) is 0. The van der Waals surface area contributed by atoms with Crippen molar-refractivity contribution in [2.75, 3.05) is 13.1 Å². The molecule has 26 heavy (non-hydrogen) atoms. The lowest BCUT2D eigenvalue weighted by atomic mass is 8.40. The summed E-state index contributed by atoms with van der Waals surface area (Å²) in [5, 5.41) is 3.09. The number of ketones is 1. The maximum absolute atomic E-state index is 10.4. The zero-order valence-electron chi connectivity index (χ0n) is 15.2. The summed E-state index contributed by atoms with van der Waals surface area (Å²) in [4.78, 5) is 10.4. The largest absolute Gasteiger partial charge is 0.316 e. The first-order valence-corrected chi connectivity index (χ1v) is 8.62. The van der Waals surface area contributed by atoms with Crippen LogP contribution in [0.25, 0.3) is 0 Å². The van der Waals surface area contributed by atoms with E-state index in [1.165, 1.54) is 7.06 Å². The fourth-order valence-electron chi connectivity index (χ4n) is 3.14. The van der Waals surface area contributed by atoms with E-state index in [2.05, 4.69) is 5.32 Å². The van der Waals surface area contributed by atoms with Crippen LogP contribution in [-0.2, 0) is 4.79 Å². The third kappa shape index (κ3) is 9.37. The van der Waals surface area contributed by atoms with Crippen LogP contribution in [0, 0.1) is 0 Å². The van der Waals surface area contributed by atoms with Crippen molar-refractivity contribution in [2.45, 2.75) is 12.8 Å². The Bertz CT molecular complexity index is 346. The van der Waals surface area contributed by atoms with Gasteiger partial charge in [-0.15, -0.1) is 0 Å². The fraction of sp³-hybridized carbons (Fsp3) is 0.800. The van der Waals surface area contributed by atoms with E-state index in [1.807, 2.05) is 0 Å². The van der Waals surface area contributed by atoms with Gasteiger partial charge in [-0.1, -0.05) is 0 Å². The van der Waals surface area contributed by atoms with Crippen molar-refractivity contribution in [3.63, 3.8) is 0 Å². The van der Waals surface area contributed by atoms with Crippen molar-refractivity contribution in [1.82, 2.24) is 5.32 Å². The van der Waals surface area contributed by atoms with E-state index >= 15 is 0 Å². The Morgan fingerprint density at radius 3 is 1.23 bits per heavy atom. The number of carbonyl (C=O) groups excluding carboxylic acids is 1. The van der Waals surface area contributed by atoms with Crippen molar-refractivity contribution >= 4 is 141 Å². The van der Waals surface area contributed by atoms with Gasteiger partial charge in [-0.25, -0.2) is 0 Å². The molecule has 97 valence electrons. The number of nitrogens with one attached hydrogen (secondary N) is 1. The highest BCUT2D eigenvalue weighted by Crippen LogP contribution is 2.04. The van der Waals surface area contributed by atoms with Gasteiger partial charge in [-0.05, 0) is 0 Å². The van der Waals surface area contributed by atoms with Crippen LogP contribution in [0.2, 0.25) is 0 Å². The second-order valence-electron chi connectivity index (χ2n) is 6.60. The van der Waals surface area contributed by atoms with Crippen LogP contribution in [0.4, 0.5) is 0 Å². The van der Waals surface area contributed by atoms with E-state index in [0.29, 0.717) is 5.78 Å². The standard InChI is InChI=1S/C5H9NO.B19/c7-5-1-3-6-4-2-5;1-11-16(10)19(17(12(2)3)13(4)5)18(14(6)7)15(8)9/h6H,1-4H2;. The van der Waals surface area contributed by atoms with E-state index < -0.39 is 51.1 Å². The minimum atomic E-state index is -0.837. The Labute approximate surface area is 177 Å². The van der Waals surface area contributed by atoms with Gasteiger partial charge in [0.1, 0.15) is 5.78 Å². The molecule has 1 rings (SSSR count). The molecule has 21 radical (unpaired) electrons. The number of hydrogen-bond donors (Lipinski definition) is 1. The third-order valence-electron chi connectivity index (χ3n) is 4.49. The average molecular weight is 305 g/mol. The first kappa shape index (κ1) is 26.9. The second kappa shape index (κ2) is 13.9. The van der Waals surface area contributed by atoms with Crippen molar-refractivity contribution in [1.29, 1.82) is 0 Å². The van der Waals surface area contributed by atoms with Gasteiger partial charge in [0.15, 0.2) is 0 Å². The normalized spacial score (nSPS) is 12.7. The summed E-state index contributed by atoms with van der Waals surface area (Å²) in [5.74, 6) is 0.402. The molecule has 1 aliphatic heterocycles. The Morgan fingerprint density at radius 1 is 0.692 bits per heavy atom. The molecule has 0 aromatic carbocycles. The van der Waals surface area contributed by atoms with Crippen molar-refractivity contribution in [3.05, 3.63) is 0 Å². The molecule has 21 heteroatoms. The van der Waals surface area contributed by atoms with Crippen LogP contribution in [-0.4, -0.2) is 154 Å². The first-order valence-electron chi connectivity index (χ1n) is 8.62. The first-order chi connectivity index (χ1) is 12.0. The average Bonchev–Trinajstić information content (AvgIpc) is 2.53. The van der Waals surface area contributed by atoms with E-state index in [1.54, 1.807) is 0 Å². The lowest BCUT2D eigenvalue weighted by molar-refractivity contribution is -0.119. The van der Waals surface area contributed by atoms with Crippen LogP contribution < -0.4 is 5.32 Å². The second-order valence-corrected chi connectivity index (χ2v) is 6.60. The highest BCUT2D eigenvalue weighted by molar-refractivity contribution is 8.18. The number of carbonyl (C=O) groups is 1. The Balaban J connectivity index is 0.000000735. The molecule has 0 aliphatic carbocycles. The van der Waals surface area contributed by atoms with Crippen molar-refractivity contribution in [2.24, 2.45) is 0 Å². The monoisotopic (exact) mass is 308 g/mol. The van der Waals surface area contributed by atoms with Gasteiger partial charge in [0.05, 0.1) is 0 Å². The molecule has 1 heterocycles. The molecule has 0 unspecified atom stereocenters. The topological polar surface area (TPSA) is 29.1 Å². The minimum absolute atomic E-state index is 0.402. The molecule has 0 aromatic rings. The van der Waals surface area contributed by atoms with Crippen molar-refractivity contribution in [3.8, 4) is 0 Å². The Morgan fingerprint density at radius 2 is 1.04 bits per heavy atom. The lowest BCUT2D eigenvalue weighted by Gasteiger charge is -2.41. The zero-order valence-corrected chi connectivity index (χ0v) is 15.2. The van der Waals surface area contributed by atoms with Gasteiger partial charge < -0.3 is 5.32 Å². The Kier molecular flexibility index (Phi) is 14.4. The lowest BCUT2D eigenvalue weighted by Crippen LogP contribution is -2.79. The van der Waals surface area contributed by atoms with Crippen LogP contribution in [0.3, 0.4) is 0 Å². The zero-order chi connectivity index (χ0) is 20.4. The SMILES string of the molecule is O=C1CCNCC1.[B][B]B([B])B(B(B([B])[B])B([B])[B])B(B([B])[B])B([B])[B]. The van der Waals surface area contributed by atoms with Crippen LogP contribution >= 0.6 is 0 Å². The van der Waals surface area contributed by atoms with Crippen LogP contribution in [0.1, 0.15) is 12.8 Å². The van der Waals surface area contributed by atoms with E-state index in [4.69, 9.17) is 77.4 Å². The van der Waals surface area contributed by atoms with Gasteiger partial charge >= 0.3 is 0 Å². The number of hydrogen-bond acceptors (Lipinski definition) is 2. The smallest absolute Gasteiger partial charge is 0.135 e. The molecule has 1 saturated heterocycles. The molecular weight excluding hydrogens is 295 g/mol. The highest BCUT2D eigenvalue weighted by Gasteiger charge is 2.42. The maximum atomic E-state index is 10.4. The number of Topliss-reactive ketones (excluding diaryl/α,β-unsaturated/α-hetero) is 1. The molecule has 0 spiro atoms. The molecule has 1 aliphatic rings. The maximum Gasteiger partial charge on any atom is 0.135 e. The predicted octanol–water partition coefficient (Wildman–Crippen LogP) is -7.30. The molecule has 1 fully saturated rings. The third-order valence-corrected chi connectivity index (χ3v) is 4.49. The summed E-state index contributed by atoms with van der Waals surface area (Å²) in [6.45, 7) is 1.78. The predicted molar refractivity (Wildman–Crippen MR) is 136 cm³/mol. The van der Waals surface area contributed by atoms with E-state index in [-0.39, 0.29) is 0 Å². The highest BCUT2D eigenvalue weighted by atomic mass is 16.1. The number of piperidine rings is 1. The number of rotatable bonds is 8. The summed E-state index contributed by atoms with van der Waals surface area (Å²) in [6.07, 6.45) is -4.25. The van der Waals surface area contributed by atoms with Gasteiger partial charge in [-0.2, -0.15) is 0 Å². The van der Waals surface area contributed by atoms with Crippen LogP contribution in [0.5, 0.6) is 0 Å². The molecular formula is C5H9B19NO. The van der Waals surface area contributed by atoms with Gasteiger partial charge in [0.25, 0.3) is 0 Å². The van der Waals surface area contributed by atoms with Gasteiger partial charge in [-0.3, -0.25) is 4.79 Å². The molecule has 2 nitrogen and oxygen atoms in total. The quantitative estimate of drug-likeness (QED) is 0.452. The summed E-state index contributed by atoms with van der Waals surface area (Å²) in [5.41, 5.74) is 0. The van der Waals surface area contributed by atoms with E-state index in [9.17, 15) is 4.79 Å². The molecule has 0 atom stereocenters. The van der Waals surface area contributed by atoms with Crippen molar-refractivity contribution < 1.29 is 4.79 Å². The van der Waals surface area contributed by atoms with Crippen LogP contribution in [0.15, 0.2) is 0 Å². The molecule has 0 amide bonds. The molecule has 0 aromatic heterocycles. The summed E-state index contributed by atoms with van der Waals surface area (Å²) in [7, 11) is 58.4. The molecule has 0 bridgehead atoms. The summed E-state index contributed by atoms with van der Waals surface area (Å²) < 4.78 is 0. The van der Waals surface area contributed by atoms with E-state index in [0.717, 1.165) is 25.9 Å². The van der Waals surface area contributed by atoms with Gasteiger partial charge in [0, 0.05) is 161 Å². The Hall–Kier alpha value is 0.864.